The molecule has 0 aromatic carbocycles. The zero-order valence-electron chi connectivity index (χ0n) is 11.8. The number of methoxy groups -OCH3 is 1. The molecule has 3 nitrogen and oxygen atoms in total. The van der Waals surface area contributed by atoms with E-state index in [1.165, 1.54) is 10.6 Å². The monoisotopic (exact) mass is 256 g/mol. The highest BCUT2D eigenvalue weighted by Gasteiger charge is 2.25. The number of nitrogens with zero attached hydrogens (tertiary/aromatic N) is 1. The second-order valence-electron chi connectivity index (χ2n) is 5.24. The highest BCUT2D eigenvalue weighted by Crippen LogP contribution is 2.33. The number of hydrogen-bond acceptors (Lipinski definition) is 4. The standard InChI is InChI=1S/C13H24N2OS/c1-7-9(16-6)12-15-11(13(2,3)4)10(17-12)8-14-5/h9,14H,7-8H2,1-6H3. The van der Waals surface area contributed by atoms with Crippen LogP contribution in [0.2, 0.25) is 0 Å². The van der Waals surface area contributed by atoms with Crippen LogP contribution in [-0.2, 0) is 16.7 Å². The summed E-state index contributed by atoms with van der Waals surface area (Å²) in [7, 11) is 3.73. The van der Waals surface area contributed by atoms with Gasteiger partial charge in [0.05, 0.1) is 5.69 Å². The van der Waals surface area contributed by atoms with Gasteiger partial charge in [-0.25, -0.2) is 4.98 Å². The third kappa shape index (κ3) is 3.50. The molecule has 0 aliphatic rings. The van der Waals surface area contributed by atoms with Crippen LogP contribution in [0.1, 0.15) is 55.8 Å². The fourth-order valence-electron chi connectivity index (χ4n) is 1.82. The van der Waals surface area contributed by atoms with Gasteiger partial charge in [-0.1, -0.05) is 27.7 Å². The smallest absolute Gasteiger partial charge is 0.122 e. The quantitative estimate of drug-likeness (QED) is 0.878. The van der Waals surface area contributed by atoms with Crippen molar-refractivity contribution < 1.29 is 4.74 Å². The van der Waals surface area contributed by atoms with Crippen molar-refractivity contribution in [1.82, 2.24) is 10.3 Å². The molecule has 0 saturated heterocycles. The summed E-state index contributed by atoms with van der Waals surface area (Å²) in [6, 6.07) is 0. The number of rotatable bonds is 5. The Balaban J connectivity index is 3.11. The zero-order chi connectivity index (χ0) is 13.1. The zero-order valence-corrected chi connectivity index (χ0v) is 12.6. The first-order valence-electron chi connectivity index (χ1n) is 6.11. The Labute approximate surface area is 109 Å². The first-order valence-corrected chi connectivity index (χ1v) is 6.93. The second-order valence-corrected chi connectivity index (χ2v) is 6.35. The number of aromatic nitrogens is 1. The highest BCUT2D eigenvalue weighted by atomic mass is 32.1. The van der Waals surface area contributed by atoms with Crippen molar-refractivity contribution in [3.05, 3.63) is 15.6 Å². The minimum absolute atomic E-state index is 0.0902. The van der Waals surface area contributed by atoms with Crippen LogP contribution in [-0.4, -0.2) is 19.1 Å². The maximum atomic E-state index is 5.47. The lowest BCUT2D eigenvalue weighted by Crippen LogP contribution is -2.16. The van der Waals surface area contributed by atoms with E-state index in [-0.39, 0.29) is 11.5 Å². The van der Waals surface area contributed by atoms with Crippen molar-refractivity contribution in [2.24, 2.45) is 0 Å². The molecule has 98 valence electrons. The van der Waals surface area contributed by atoms with Gasteiger partial charge in [0.25, 0.3) is 0 Å². The third-order valence-electron chi connectivity index (χ3n) is 2.69. The Morgan fingerprint density at radius 1 is 1.41 bits per heavy atom. The van der Waals surface area contributed by atoms with Gasteiger partial charge in [-0.2, -0.15) is 0 Å². The molecule has 0 fully saturated rings. The Bertz CT molecular complexity index is 351. The summed E-state index contributed by atoms with van der Waals surface area (Å²) < 4.78 is 5.47. The van der Waals surface area contributed by atoms with Gasteiger partial charge in [-0.15, -0.1) is 11.3 Å². The highest BCUT2D eigenvalue weighted by molar-refractivity contribution is 7.11. The van der Waals surface area contributed by atoms with Crippen LogP contribution >= 0.6 is 11.3 Å². The van der Waals surface area contributed by atoms with Crippen LogP contribution in [0.4, 0.5) is 0 Å². The van der Waals surface area contributed by atoms with E-state index in [1.807, 2.05) is 7.05 Å². The number of hydrogen-bond donors (Lipinski definition) is 1. The lowest BCUT2D eigenvalue weighted by molar-refractivity contribution is 0.0995. The molecule has 0 radical (unpaired) electrons. The van der Waals surface area contributed by atoms with Crippen LogP contribution in [0.3, 0.4) is 0 Å². The third-order valence-corrected chi connectivity index (χ3v) is 3.84. The molecule has 0 aliphatic carbocycles. The molecule has 1 unspecified atom stereocenters. The first-order chi connectivity index (χ1) is 7.93. The number of nitrogens with one attached hydrogen (secondary N) is 1. The van der Waals surface area contributed by atoms with E-state index in [9.17, 15) is 0 Å². The van der Waals surface area contributed by atoms with Crippen LogP contribution < -0.4 is 5.32 Å². The second kappa shape index (κ2) is 5.94. The average Bonchev–Trinajstić information content (AvgIpc) is 2.64. The van der Waals surface area contributed by atoms with Crippen molar-refractivity contribution in [3.8, 4) is 0 Å². The average molecular weight is 256 g/mol. The van der Waals surface area contributed by atoms with Crippen molar-refractivity contribution in [3.63, 3.8) is 0 Å². The molecular formula is C13H24N2OS. The normalized spacial score (nSPS) is 14.0. The van der Waals surface area contributed by atoms with Crippen molar-refractivity contribution in [2.75, 3.05) is 14.2 Å². The molecule has 0 saturated carbocycles. The molecule has 1 atom stereocenters. The van der Waals surface area contributed by atoms with Crippen LogP contribution in [0.15, 0.2) is 0 Å². The lowest BCUT2D eigenvalue weighted by Gasteiger charge is -2.17. The predicted molar refractivity (Wildman–Crippen MR) is 73.6 cm³/mol. The van der Waals surface area contributed by atoms with E-state index in [0.29, 0.717) is 0 Å². The fourth-order valence-corrected chi connectivity index (χ4v) is 3.26. The van der Waals surface area contributed by atoms with Crippen LogP contribution in [0.5, 0.6) is 0 Å². The molecule has 1 N–H and O–H groups in total. The fraction of sp³-hybridized carbons (Fsp3) is 0.769. The summed E-state index contributed by atoms with van der Waals surface area (Å²) >= 11 is 1.77. The molecule has 0 amide bonds. The molecule has 1 heterocycles. The maximum absolute atomic E-state index is 5.47. The van der Waals surface area contributed by atoms with Gasteiger partial charge < -0.3 is 10.1 Å². The van der Waals surface area contributed by atoms with Gasteiger partial charge in [0.15, 0.2) is 0 Å². The number of ether oxygens (including phenoxy) is 1. The molecule has 1 aromatic rings. The van der Waals surface area contributed by atoms with E-state index in [2.05, 4.69) is 33.0 Å². The molecule has 1 rings (SSSR count). The predicted octanol–water partition coefficient (Wildman–Crippen LogP) is 3.26. The SMILES string of the molecule is CCC(OC)c1nc(C(C)(C)C)c(CNC)s1. The van der Waals surface area contributed by atoms with Crippen molar-refractivity contribution >= 4 is 11.3 Å². The van der Waals surface area contributed by atoms with E-state index >= 15 is 0 Å². The Morgan fingerprint density at radius 2 is 2.06 bits per heavy atom. The summed E-state index contributed by atoms with van der Waals surface area (Å²) in [5, 5.41) is 4.32. The number of thiazole rings is 1. The van der Waals surface area contributed by atoms with Gasteiger partial charge in [-0.3, -0.25) is 0 Å². The lowest BCUT2D eigenvalue weighted by atomic mass is 9.91. The van der Waals surface area contributed by atoms with Gasteiger partial charge in [0.2, 0.25) is 0 Å². The van der Waals surface area contributed by atoms with Gasteiger partial charge >= 0.3 is 0 Å². The molecule has 1 aromatic heterocycles. The molecular weight excluding hydrogens is 232 g/mol. The summed E-state index contributed by atoms with van der Waals surface area (Å²) in [5.74, 6) is 0. The van der Waals surface area contributed by atoms with Crippen molar-refractivity contribution in [2.45, 2.75) is 52.2 Å². The minimum atomic E-state index is 0.0902. The molecule has 0 spiro atoms. The van der Waals surface area contributed by atoms with Gasteiger partial charge in [0, 0.05) is 23.9 Å². The van der Waals surface area contributed by atoms with Crippen molar-refractivity contribution in [1.29, 1.82) is 0 Å². The van der Waals surface area contributed by atoms with Crippen LogP contribution in [0.25, 0.3) is 0 Å². The minimum Gasteiger partial charge on any atom is -0.374 e. The van der Waals surface area contributed by atoms with E-state index in [1.54, 1.807) is 18.4 Å². The molecule has 0 aliphatic heterocycles. The maximum Gasteiger partial charge on any atom is 0.122 e. The van der Waals surface area contributed by atoms with Gasteiger partial charge in [-0.05, 0) is 13.5 Å². The van der Waals surface area contributed by atoms with E-state index in [0.717, 1.165) is 18.0 Å². The van der Waals surface area contributed by atoms with Gasteiger partial charge in [0.1, 0.15) is 11.1 Å². The Morgan fingerprint density at radius 3 is 2.47 bits per heavy atom. The topological polar surface area (TPSA) is 34.1 Å². The largest absolute Gasteiger partial charge is 0.374 e. The summed E-state index contributed by atoms with van der Waals surface area (Å²) in [4.78, 5) is 6.12. The molecule has 17 heavy (non-hydrogen) atoms. The first kappa shape index (κ1) is 14.6. The summed E-state index contributed by atoms with van der Waals surface area (Å²) in [5.41, 5.74) is 1.29. The summed E-state index contributed by atoms with van der Waals surface area (Å²) in [6.07, 6.45) is 1.10. The summed E-state index contributed by atoms with van der Waals surface area (Å²) in [6.45, 7) is 9.63. The molecule has 0 bridgehead atoms. The van der Waals surface area contributed by atoms with E-state index in [4.69, 9.17) is 9.72 Å². The van der Waals surface area contributed by atoms with Crippen LogP contribution in [0, 0.1) is 0 Å². The Kier molecular flexibility index (Phi) is 5.10. The van der Waals surface area contributed by atoms with E-state index < -0.39 is 0 Å². The molecule has 4 heteroatoms. The Hall–Kier alpha value is -0.450.